The number of anilines is 1. The van der Waals surface area contributed by atoms with Crippen LogP contribution in [0.2, 0.25) is 0 Å². The molecule has 0 aliphatic carbocycles. The van der Waals surface area contributed by atoms with E-state index in [0.717, 1.165) is 43.8 Å². The summed E-state index contributed by atoms with van der Waals surface area (Å²) in [7, 11) is 0. The van der Waals surface area contributed by atoms with Gasteiger partial charge in [-0.25, -0.2) is 20.6 Å². The van der Waals surface area contributed by atoms with Crippen LogP contribution in [0.15, 0.2) is 55.0 Å². The summed E-state index contributed by atoms with van der Waals surface area (Å²) in [5.41, 5.74) is 5.58. The lowest BCUT2D eigenvalue weighted by atomic mass is 10.1. The molecule has 0 bridgehead atoms. The number of urea groups is 1. The van der Waals surface area contributed by atoms with Crippen LogP contribution in [-0.2, 0) is 4.74 Å². The van der Waals surface area contributed by atoms with Crippen molar-refractivity contribution in [3.63, 3.8) is 0 Å². The molecule has 0 saturated carbocycles. The van der Waals surface area contributed by atoms with E-state index in [0.29, 0.717) is 43.2 Å². The summed E-state index contributed by atoms with van der Waals surface area (Å²) in [5.74, 6) is 6.15. The summed E-state index contributed by atoms with van der Waals surface area (Å²) in [6.07, 6.45) is 4.95. The molecule has 36 heavy (non-hydrogen) atoms. The van der Waals surface area contributed by atoms with Crippen molar-refractivity contribution < 1.29 is 9.53 Å². The van der Waals surface area contributed by atoms with Crippen LogP contribution in [0, 0.1) is 11.3 Å². The number of benzene rings is 1. The SMILES string of the molecule is N#Cc1cccc2[nH]c(-c3[nH]nc4ncc(-c5cncc(N(N)C(=O)N6CCOCC6)c5)cc34)cc12. The molecule has 178 valence electrons. The number of nitrogens with one attached hydrogen (secondary N) is 2. The van der Waals surface area contributed by atoms with Crippen LogP contribution in [0.3, 0.4) is 0 Å². The van der Waals surface area contributed by atoms with E-state index in [1.165, 1.54) is 0 Å². The van der Waals surface area contributed by atoms with Gasteiger partial charge in [0.2, 0.25) is 0 Å². The van der Waals surface area contributed by atoms with Crippen LogP contribution in [-0.4, -0.2) is 62.4 Å². The van der Waals surface area contributed by atoms with Gasteiger partial charge in [-0.05, 0) is 30.3 Å². The lowest BCUT2D eigenvalue weighted by Crippen LogP contribution is -2.51. The number of hydrazine groups is 1. The van der Waals surface area contributed by atoms with Gasteiger partial charge in [0.1, 0.15) is 0 Å². The molecule has 1 aromatic carbocycles. The normalized spacial score (nSPS) is 13.7. The fourth-order valence-electron chi connectivity index (χ4n) is 4.39. The molecule has 11 nitrogen and oxygen atoms in total. The van der Waals surface area contributed by atoms with Gasteiger partial charge in [-0.2, -0.15) is 10.4 Å². The maximum Gasteiger partial charge on any atom is 0.339 e. The minimum absolute atomic E-state index is 0.307. The number of fused-ring (bicyclic) bond motifs is 2. The number of hydrogen-bond donors (Lipinski definition) is 3. The molecule has 1 fully saturated rings. The van der Waals surface area contributed by atoms with Gasteiger partial charge < -0.3 is 14.6 Å². The number of pyridine rings is 2. The molecule has 1 aliphatic heterocycles. The molecule has 4 N–H and O–H groups in total. The first-order chi connectivity index (χ1) is 17.6. The fourth-order valence-corrected chi connectivity index (χ4v) is 4.39. The van der Waals surface area contributed by atoms with Crippen molar-refractivity contribution in [2.24, 2.45) is 5.84 Å². The Morgan fingerprint density at radius 1 is 1.11 bits per heavy atom. The maximum atomic E-state index is 12.8. The van der Waals surface area contributed by atoms with E-state index in [2.05, 4.69) is 31.2 Å². The predicted molar refractivity (Wildman–Crippen MR) is 134 cm³/mol. The Morgan fingerprint density at radius 2 is 1.94 bits per heavy atom. The monoisotopic (exact) mass is 479 g/mol. The number of aromatic nitrogens is 5. The summed E-state index contributed by atoms with van der Waals surface area (Å²) in [4.78, 5) is 26.6. The number of carbonyl (C=O) groups excluding carboxylic acids is 1. The minimum atomic E-state index is -0.307. The van der Waals surface area contributed by atoms with Gasteiger partial charge in [-0.1, -0.05) is 6.07 Å². The second kappa shape index (κ2) is 8.77. The Morgan fingerprint density at radius 3 is 2.78 bits per heavy atom. The van der Waals surface area contributed by atoms with Crippen molar-refractivity contribution >= 4 is 33.7 Å². The fraction of sp³-hybridized carbons (Fsp3) is 0.160. The van der Waals surface area contributed by atoms with Crippen LogP contribution in [0.5, 0.6) is 0 Å². The van der Waals surface area contributed by atoms with E-state index in [1.807, 2.05) is 24.3 Å². The highest BCUT2D eigenvalue weighted by Crippen LogP contribution is 2.32. The number of nitrogens with two attached hydrogens (primary N) is 1. The third-order valence-electron chi connectivity index (χ3n) is 6.29. The van der Waals surface area contributed by atoms with Crippen molar-refractivity contribution in [2.75, 3.05) is 31.3 Å². The van der Waals surface area contributed by atoms with E-state index in [-0.39, 0.29) is 6.03 Å². The quantitative estimate of drug-likeness (QED) is 0.204. The second-order valence-corrected chi connectivity index (χ2v) is 8.44. The topological polar surface area (TPSA) is 153 Å². The van der Waals surface area contributed by atoms with Gasteiger partial charge in [0.05, 0.1) is 48.1 Å². The Balaban J connectivity index is 1.36. The predicted octanol–water partition coefficient (Wildman–Crippen LogP) is 3.17. The van der Waals surface area contributed by atoms with E-state index < -0.39 is 0 Å². The van der Waals surface area contributed by atoms with Crippen LogP contribution in [0.4, 0.5) is 10.5 Å². The van der Waals surface area contributed by atoms with E-state index in [4.69, 9.17) is 10.6 Å². The Labute approximate surface area is 205 Å². The zero-order valence-corrected chi connectivity index (χ0v) is 19.1. The molecule has 2 amide bonds. The Bertz CT molecular complexity index is 1640. The third kappa shape index (κ3) is 3.70. The van der Waals surface area contributed by atoms with E-state index >= 15 is 0 Å². The van der Waals surface area contributed by atoms with Crippen molar-refractivity contribution in [1.82, 2.24) is 30.0 Å². The second-order valence-electron chi connectivity index (χ2n) is 8.44. The summed E-state index contributed by atoms with van der Waals surface area (Å²) in [5, 5.41) is 19.6. The first kappa shape index (κ1) is 21.7. The Kier molecular flexibility index (Phi) is 5.29. The van der Waals surface area contributed by atoms with Gasteiger partial charge in [0.15, 0.2) is 5.65 Å². The van der Waals surface area contributed by atoms with Crippen molar-refractivity contribution in [2.45, 2.75) is 0 Å². The van der Waals surface area contributed by atoms with Crippen LogP contribution < -0.4 is 10.9 Å². The van der Waals surface area contributed by atoms with E-state index in [1.54, 1.807) is 35.6 Å². The van der Waals surface area contributed by atoms with Gasteiger partial charge >= 0.3 is 6.03 Å². The number of aromatic amines is 2. The lowest BCUT2D eigenvalue weighted by Gasteiger charge is -2.30. The molecule has 4 aromatic heterocycles. The molecule has 5 aromatic rings. The molecule has 0 radical (unpaired) electrons. The zero-order valence-electron chi connectivity index (χ0n) is 19.1. The molecule has 0 atom stereocenters. The number of hydrogen-bond acceptors (Lipinski definition) is 7. The Hall–Kier alpha value is -4.79. The zero-order chi connectivity index (χ0) is 24.6. The van der Waals surface area contributed by atoms with Crippen molar-refractivity contribution in [1.29, 1.82) is 5.26 Å². The molecular formula is C25H21N9O2. The molecule has 0 spiro atoms. The smallest absolute Gasteiger partial charge is 0.339 e. The molecule has 11 heteroatoms. The van der Waals surface area contributed by atoms with Crippen LogP contribution in [0.1, 0.15) is 5.56 Å². The average Bonchev–Trinajstić information content (AvgIpc) is 3.56. The van der Waals surface area contributed by atoms with Gasteiger partial charge in [-0.3, -0.25) is 10.1 Å². The van der Waals surface area contributed by atoms with Crippen LogP contribution >= 0.6 is 0 Å². The highest BCUT2D eigenvalue weighted by Gasteiger charge is 2.23. The number of amides is 2. The number of nitrogens with zero attached hydrogens (tertiary/aromatic N) is 6. The average molecular weight is 480 g/mol. The van der Waals surface area contributed by atoms with Crippen LogP contribution in [0.25, 0.3) is 44.5 Å². The summed E-state index contributed by atoms with van der Waals surface area (Å²) >= 11 is 0. The van der Waals surface area contributed by atoms with Gasteiger partial charge in [0.25, 0.3) is 0 Å². The molecule has 0 unspecified atom stereocenters. The number of morpholine rings is 1. The molecule has 1 saturated heterocycles. The lowest BCUT2D eigenvalue weighted by molar-refractivity contribution is 0.0548. The third-order valence-corrected chi connectivity index (χ3v) is 6.29. The number of H-pyrrole nitrogens is 2. The first-order valence-corrected chi connectivity index (χ1v) is 11.4. The van der Waals surface area contributed by atoms with E-state index in [9.17, 15) is 10.1 Å². The largest absolute Gasteiger partial charge is 0.378 e. The highest BCUT2D eigenvalue weighted by atomic mass is 16.5. The standard InChI is InChI=1S/C25H21N9O2/c26-11-15-2-1-3-21-19(15)10-22(30-21)23-20-9-17(13-29-24(20)32-31-23)16-8-18(14-28-12-16)34(27)25(35)33-4-6-36-7-5-33/h1-3,8-10,12-14,30H,4-7,27H2,(H,29,31,32). The highest BCUT2D eigenvalue weighted by molar-refractivity contribution is 5.97. The molecule has 6 rings (SSSR count). The maximum absolute atomic E-state index is 12.8. The minimum Gasteiger partial charge on any atom is -0.378 e. The number of nitriles is 1. The summed E-state index contributed by atoms with van der Waals surface area (Å²) < 4.78 is 5.31. The van der Waals surface area contributed by atoms with Crippen molar-refractivity contribution in [3.8, 4) is 28.6 Å². The summed E-state index contributed by atoms with van der Waals surface area (Å²) in [6, 6.07) is 13.2. The number of ether oxygens (including phenoxy) is 1. The van der Waals surface area contributed by atoms with Crippen molar-refractivity contribution in [3.05, 3.63) is 60.6 Å². The number of rotatable bonds is 3. The molecule has 1 aliphatic rings. The first-order valence-electron chi connectivity index (χ1n) is 11.4. The molecule has 5 heterocycles. The van der Waals surface area contributed by atoms with Gasteiger partial charge in [-0.15, -0.1) is 0 Å². The number of carbonyl (C=O) groups is 1. The molecular weight excluding hydrogens is 458 g/mol. The van der Waals surface area contributed by atoms with Gasteiger partial charge in [0, 0.05) is 52.9 Å². The summed E-state index contributed by atoms with van der Waals surface area (Å²) in [6.45, 7) is 1.97.